The van der Waals surface area contributed by atoms with Gasteiger partial charge in [-0.3, -0.25) is 5.41 Å². The van der Waals surface area contributed by atoms with Crippen molar-refractivity contribution in [3.05, 3.63) is 0 Å². The minimum atomic E-state index is -0.449. The molecule has 1 fully saturated rings. The molecule has 1 amide bonds. The molecule has 0 aromatic rings. The van der Waals surface area contributed by atoms with Crippen LogP contribution in [-0.2, 0) is 4.74 Å². The normalized spacial score (nSPS) is 21.4. The van der Waals surface area contributed by atoms with Crippen LogP contribution in [0.4, 0.5) is 4.79 Å². The zero-order chi connectivity index (χ0) is 13.2. The third-order valence-corrected chi connectivity index (χ3v) is 2.71. The molecule has 1 aliphatic rings. The van der Waals surface area contributed by atoms with Crippen LogP contribution in [0.15, 0.2) is 0 Å². The van der Waals surface area contributed by atoms with E-state index in [-0.39, 0.29) is 12.1 Å². The highest BCUT2D eigenvalue weighted by Gasteiger charge is 2.29. The van der Waals surface area contributed by atoms with Crippen LogP contribution in [0.25, 0.3) is 0 Å². The molecule has 1 N–H and O–H groups in total. The summed E-state index contributed by atoms with van der Waals surface area (Å²) < 4.78 is 5.34. The van der Waals surface area contributed by atoms with Crippen LogP contribution in [-0.4, -0.2) is 53.0 Å². The van der Waals surface area contributed by atoms with Crippen molar-refractivity contribution >= 4 is 11.9 Å². The van der Waals surface area contributed by atoms with Gasteiger partial charge >= 0.3 is 6.09 Å². The summed E-state index contributed by atoms with van der Waals surface area (Å²) >= 11 is 0. The average Bonchev–Trinajstić information content (AvgIpc) is 2.14. The second kappa shape index (κ2) is 4.94. The number of piperazine rings is 1. The largest absolute Gasteiger partial charge is 0.444 e. The molecule has 0 bridgehead atoms. The van der Waals surface area contributed by atoms with Crippen LogP contribution in [0.1, 0.15) is 34.6 Å². The van der Waals surface area contributed by atoms with Gasteiger partial charge in [-0.1, -0.05) is 0 Å². The van der Waals surface area contributed by atoms with Crippen molar-refractivity contribution < 1.29 is 9.53 Å². The summed E-state index contributed by atoms with van der Waals surface area (Å²) in [6.45, 7) is 11.3. The highest BCUT2D eigenvalue weighted by molar-refractivity contribution is 5.77. The fourth-order valence-corrected chi connectivity index (χ4v) is 1.95. The quantitative estimate of drug-likeness (QED) is 0.521. The fraction of sp³-hybridized carbons (Fsp3) is 0.833. The first kappa shape index (κ1) is 13.8. The summed E-state index contributed by atoms with van der Waals surface area (Å²) in [6, 6.07) is 0.175. The predicted octanol–water partition coefficient (Wildman–Crippen LogP) is 1.92. The fourth-order valence-electron chi connectivity index (χ4n) is 1.95. The number of amides is 1. The van der Waals surface area contributed by atoms with Crippen LogP contribution in [0.2, 0.25) is 0 Å². The number of amidine groups is 1. The van der Waals surface area contributed by atoms with E-state index in [4.69, 9.17) is 10.1 Å². The van der Waals surface area contributed by atoms with Gasteiger partial charge in [-0.2, -0.15) is 0 Å². The molecule has 1 heterocycles. The number of nitrogens with one attached hydrogen (secondary N) is 1. The van der Waals surface area contributed by atoms with Crippen molar-refractivity contribution in [3.63, 3.8) is 0 Å². The molecule has 5 heteroatoms. The molecule has 1 rings (SSSR count). The van der Waals surface area contributed by atoms with E-state index >= 15 is 0 Å². The Hall–Kier alpha value is -1.26. The van der Waals surface area contributed by atoms with E-state index in [0.717, 1.165) is 0 Å². The molecule has 98 valence electrons. The topological polar surface area (TPSA) is 56.6 Å². The third-order valence-electron chi connectivity index (χ3n) is 2.71. The lowest BCUT2D eigenvalue weighted by Gasteiger charge is -2.40. The number of rotatable bonds is 0. The molecule has 0 unspecified atom stereocenters. The molecule has 1 saturated heterocycles. The van der Waals surface area contributed by atoms with Gasteiger partial charge < -0.3 is 14.5 Å². The van der Waals surface area contributed by atoms with E-state index < -0.39 is 5.60 Å². The van der Waals surface area contributed by atoms with Crippen LogP contribution in [0.3, 0.4) is 0 Å². The number of hydrogen-bond acceptors (Lipinski definition) is 3. The second-order valence-corrected chi connectivity index (χ2v) is 5.55. The van der Waals surface area contributed by atoms with Crippen LogP contribution in [0, 0.1) is 5.41 Å². The highest BCUT2D eigenvalue weighted by Crippen LogP contribution is 2.14. The molecule has 0 aromatic carbocycles. The molecule has 1 aliphatic heterocycles. The van der Waals surface area contributed by atoms with E-state index in [0.29, 0.717) is 25.5 Å². The van der Waals surface area contributed by atoms with Gasteiger partial charge in [-0.25, -0.2) is 4.79 Å². The first-order valence-corrected chi connectivity index (χ1v) is 6.00. The molecular weight excluding hydrogens is 218 g/mol. The number of hydrogen-bond donors (Lipinski definition) is 1. The maximum Gasteiger partial charge on any atom is 0.410 e. The van der Waals surface area contributed by atoms with Crippen molar-refractivity contribution in [2.45, 2.75) is 46.3 Å². The Bertz CT molecular complexity index is 309. The molecule has 0 saturated carbocycles. The molecular formula is C12H23N3O2. The van der Waals surface area contributed by atoms with Gasteiger partial charge in [-0.15, -0.1) is 0 Å². The van der Waals surface area contributed by atoms with Gasteiger partial charge in [0, 0.05) is 25.7 Å². The summed E-state index contributed by atoms with van der Waals surface area (Å²) in [7, 11) is 0. The smallest absolute Gasteiger partial charge is 0.410 e. The van der Waals surface area contributed by atoms with Crippen molar-refractivity contribution in [1.82, 2.24) is 9.80 Å². The van der Waals surface area contributed by atoms with Gasteiger partial charge in [0.15, 0.2) is 0 Å². The van der Waals surface area contributed by atoms with Crippen LogP contribution < -0.4 is 0 Å². The molecule has 0 aliphatic carbocycles. The zero-order valence-corrected chi connectivity index (χ0v) is 11.4. The van der Waals surface area contributed by atoms with Gasteiger partial charge in [0.25, 0.3) is 0 Å². The van der Waals surface area contributed by atoms with E-state index in [9.17, 15) is 4.79 Å². The molecule has 5 nitrogen and oxygen atoms in total. The van der Waals surface area contributed by atoms with Gasteiger partial charge in [-0.05, 0) is 34.6 Å². The minimum Gasteiger partial charge on any atom is -0.444 e. The maximum atomic E-state index is 11.9. The summed E-state index contributed by atoms with van der Waals surface area (Å²) in [4.78, 5) is 15.6. The Morgan fingerprint density at radius 1 is 1.35 bits per heavy atom. The first-order valence-electron chi connectivity index (χ1n) is 6.00. The lowest BCUT2D eigenvalue weighted by atomic mass is 10.2. The molecule has 1 atom stereocenters. The van der Waals surface area contributed by atoms with Crippen molar-refractivity contribution in [2.75, 3.05) is 19.6 Å². The monoisotopic (exact) mass is 241 g/mol. The van der Waals surface area contributed by atoms with Gasteiger partial charge in [0.2, 0.25) is 0 Å². The van der Waals surface area contributed by atoms with E-state index in [1.807, 2.05) is 32.6 Å². The van der Waals surface area contributed by atoms with Gasteiger partial charge in [0.1, 0.15) is 5.60 Å². The average molecular weight is 241 g/mol. The van der Waals surface area contributed by atoms with Gasteiger partial charge in [0.05, 0.1) is 5.84 Å². The lowest BCUT2D eigenvalue weighted by molar-refractivity contribution is 0.0132. The predicted molar refractivity (Wildman–Crippen MR) is 67.4 cm³/mol. The number of ether oxygens (including phenoxy) is 1. The Morgan fingerprint density at radius 3 is 2.35 bits per heavy atom. The van der Waals surface area contributed by atoms with Crippen molar-refractivity contribution in [1.29, 1.82) is 5.41 Å². The summed E-state index contributed by atoms with van der Waals surface area (Å²) in [5.74, 6) is 0.557. The van der Waals surface area contributed by atoms with E-state index in [1.165, 1.54) is 0 Å². The Morgan fingerprint density at radius 2 is 1.94 bits per heavy atom. The Kier molecular flexibility index (Phi) is 4.01. The summed E-state index contributed by atoms with van der Waals surface area (Å²) in [5, 5.41) is 7.63. The Labute approximate surface area is 103 Å². The third kappa shape index (κ3) is 3.91. The number of nitrogens with zero attached hydrogens (tertiary/aromatic N) is 2. The van der Waals surface area contributed by atoms with E-state index in [2.05, 4.69) is 0 Å². The van der Waals surface area contributed by atoms with Crippen molar-refractivity contribution in [2.24, 2.45) is 0 Å². The summed E-state index contributed by atoms with van der Waals surface area (Å²) in [6.07, 6.45) is -0.258. The molecule has 0 aromatic heterocycles. The summed E-state index contributed by atoms with van der Waals surface area (Å²) in [5.41, 5.74) is -0.449. The number of carbonyl (C=O) groups is 1. The highest BCUT2D eigenvalue weighted by atomic mass is 16.6. The lowest BCUT2D eigenvalue weighted by Crippen LogP contribution is -2.55. The van der Waals surface area contributed by atoms with Crippen molar-refractivity contribution in [3.8, 4) is 0 Å². The molecule has 17 heavy (non-hydrogen) atoms. The molecule has 0 spiro atoms. The second-order valence-electron chi connectivity index (χ2n) is 5.55. The van der Waals surface area contributed by atoms with Crippen LogP contribution in [0.5, 0.6) is 0 Å². The maximum absolute atomic E-state index is 11.9. The zero-order valence-electron chi connectivity index (χ0n) is 11.4. The number of carbonyl (C=O) groups excluding carboxylic acids is 1. The van der Waals surface area contributed by atoms with Crippen LogP contribution >= 0.6 is 0 Å². The molecule has 0 radical (unpaired) electrons. The SMILES string of the molecule is CC(=N)N1CCN(C(=O)OC(C)(C)C)C[C@@H]1C. The standard InChI is InChI=1S/C12H23N3O2/c1-9-8-14(6-7-15(9)10(2)13)11(16)17-12(3,4)5/h9,13H,6-8H2,1-5H3/t9-/m0/s1. The Balaban J connectivity index is 2.55. The first-order chi connectivity index (χ1) is 7.70. The van der Waals surface area contributed by atoms with E-state index in [1.54, 1.807) is 11.8 Å². The minimum absolute atomic E-state index is 0.175.